The van der Waals surface area contributed by atoms with Crippen LogP contribution in [0.3, 0.4) is 0 Å². The van der Waals surface area contributed by atoms with Gasteiger partial charge in [0.25, 0.3) is 0 Å². The molecule has 4 heteroatoms. The van der Waals surface area contributed by atoms with Gasteiger partial charge < -0.3 is 5.32 Å². The fourth-order valence-electron chi connectivity index (χ4n) is 1.67. The first-order valence-electron chi connectivity index (χ1n) is 6.24. The van der Waals surface area contributed by atoms with E-state index in [1.54, 1.807) is 18.3 Å². The molecule has 0 aliphatic carbocycles. The average molecular weight is 255 g/mol. The Morgan fingerprint density at radius 1 is 1.05 bits per heavy atom. The number of nitrogens with zero attached hydrogens (tertiary/aromatic N) is 1. The van der Waals surface area contributed by atoms with Gasteiger partial charge in [0.1, 0.15) is 5.82 Å². The highest BCUT2D eigenvalue weighted by Gasteiger charge is 2.04. The number of hydrogen-bond acceptors (Lipinski definition) is 2. The number of pyridine rings is 1. The number of hydrogen-bond donors (Lipinski definition) is 2. The second-order valence-corrected chi connectivity index (χ2v) is 4.57. The molecule has 1 aromatic heterocycles. The van der Waals surface area contributed by atoms with Crippen LogP contribution in [0.4, 0.5) is 16.3 Å². The molecule has 19 heavy (non-hydrogen) atoms. The van der Waals surface area contributed by atoms with Crippen LogP contribution in [-0.4, -0.2) is 11.0 Å². The number of carbonyl (C=O) groups is 1. The van der Waals surface area contributed by atoms with Gasteiger partial charge in [-0.25, -0.2) is 9.78 Å². The molecular weight excluding hydrogens is 238 g/mol. The molecule has 2 amide bonds. The summed E-state index contributed by atoms with van der Waals surface area (Å²) < 4.78 is 0. The molecule has 2 N–H and O–H groups in total. The van der Waals surface area contributed by atoms with Crippen LogP contribution in [0.2, 0.25) is 0 Å². The minimum absolute atomic E-state index is 0.295. The third-order valence-corrected chi connectivity index (χ3v) is 2.74. The summed E-state index contributed by atoms with van der Waals surface area (Å²) in [6, 6.07) is 12.9. The van der Waals surface area contributed by atoms with Crippen LogP contribution >= 0.6 is 0 Å². The van der Waals surface area contributed by atoms with Gasteiger partial charge in [-0.15, -0.1) is 0 Å². The van der Waals surface area contributed by atoms with Crippen LogP contribution in [0.1, 0.15) is 25.3 Å². The Morgan fingerprint density at radius 3 is 2.37 bits per heavy atom. The molecular formula is C15H17N3O. The second kappa shape index (κ2) is 6.00. The maximum atomic E-state index is 11.7. The number of nitrogens with one attached hydrogen (secondary N) is 2. The van der Waals surface area contributed by atoms with Crippen molar-refractivity contribution in [2.45, 2.75) is 19.8 Å². The Labute approximate surface area is 112 Å². The van der Waals surface area contributed by atoms with Gasteiger partial charge in [-0.1, -0.05) is 32.0 Å². The van der Waals surface area contributed by atoms with Gasteiger partial charge in [0.2, 0.25) is 0 Å². The van der Waals surface area contributed by atoms with Crippen molar-refractivity contribution in [3.05, 3.63) is 54.2 Å². The van der Waals surface area contributed by atoms with E-state index < -0.39 is 0 Å². The summed E-state index contributed by atoms with van der Waals surface area (Å²) >= 11 is 0. The van der Waals surface area contributed by atoms with Crippen LogP contribution in [0.25, 0.3) is 0 Å². The van der Waals surface area contributed by atoms with Crippen LogP contribution < -0.4 is 10.6 Å². The molecule has 0 bridgehead atoms. The lowest BCUT2D eigenvalue weighted by Gasteiger charge is -2.09. The molecule has 1 aromatic carbocycles. The van der Waals surface area contributed by atoms with Crippen LogP contribution in [0.15, 0.2) is 48.7 Å². The molecule has 0 aliphatic rings. The number of benzene rings is 1. The number of urea groups is 1. The summed E-state index contributed by atoms with van der Waals surface area (Å²) in [5.74, 6) is 1.01. The highest BCUT2D eigenvalue weighted by Crippen LogP contribution is 2.17. The fraction of sp³-hybridized carbons (Fsp3) is 0.200. The van der Waals surface area contributed by atoms with Crippen LogP contribution in [0, 0.1) is 0 Å². The summed E-state index contributed by atoms with van der Waals surface area (Å²) in [4.78, 5) is 15.8. The number of anilines is 2. The van der Waals surface area contributed by atoms with Gasteiger partial charge in [0, 0.05) is 11.9 Å². The summed E-state index contributed by atoms with van der Waals surface area (Å²) in [5, 5.41) is 5.43. The first-order chi connectivity index (χ1) is 9.15. The smallest absolute Gasteiger partial charge is 0.308 e. The Kier molecular flexibility index (Phi) is 4.13. The van der Waals surface area contributed by atoms with E-state index in [-0.39, 0.29) is 6.03 Å². The Hall–Kier alpha value is -2.36. The summed E-state index contributed by atoms with van der Waals surface area (Å²) in [5.41, 5.74) is 2.01. The zero-order chi connectivity index (χ0) is 13.7. The quantitative estimate of drug-likeness (QED) is 0.875. The zero-order valence-electron chi connectivity index (χ0n) is 11.1. The minimum atomic E-state index is -0.295. The molecule has 0 saturated carbocycles. The van der Waals surface area contributed by atoms with Gasteiger partial charge in [0.05, 0.1) is 0 Å². The fourth-order valence-corrected chi connectivity index (χ4v) is 1.67. The Morgan fingerprint density at radius 2 is 1.79 bits per heavy atom. The molecule has 1 heterocycles. The number of carbonyl (C=O) groups excluding carboxylic acids is 1. The standard InChI is InChI=1S/C15H17N3O/c1-11(2)12-6-8-13(9-7-12)17-15(19)18-14-5-3-4-10-16-14/h3-11H,1-2H3,(H2,16,17,18,19). The van der Waals surface area contributed by atoms with Crippen molar-refractivity contribution in [3.63, 3.8) is 0 Å². The molecule has 0 saturated heterocycles. The number of amides is 2. The van der Waals surface area contributed by atoms with Gasteiger partial charge in [-0.05, 0) is 35.7 Å². The molecule has 4 nitrogen and oxygen atoms in total. The molecule has 0 fully saturated rings. The van der Waals surface area contributed by atoms with E-state index in [0.717, 1.165) is 5.69 Å². The lowest BCUT2D eigenvalue weighted by atomic mass is 10.0. The van der Waals surface area contributed by atoms with E-state index in [2.05, 4.69) is 29.5 Å². The zero-order valence-corrected chi connectivity index (χ0v) is 11.1. The SMILES string of the molecule is CC(C)c1ccc(NC(=O)Nc2ccccn2)cc1. The third-order valence-electron chi connectivity index (χ3n) is 2.74. The average Bonchev–Trinajstić information content (AvgIpc) is 2.40. The second-order valence-electron chi connectivity index (χ2n) is 4.57. The molecule has 98 valence electrons. The monoisotopic (exact) mass is 255 g/mol. The van der Waals surface area contributed by atoms with Crippen LogP contribution in [-0.2, 0) is 0 Å². The van der Waals surface area contributed by atoms with Crippen molar-refractivity contribution in [1.29, 1.82) is 0 Å². The highest BCUT2D eigenvalue weighted by atomic mass is 16.2. The molecule has 0 atom stereocenters. The lowest BCUT2D eigenvalue weighted by Crippen LogP contribution is -2.19. The van der Waals surface area contributed by atoms with Gasteiger partial charge in [-0.2, -0.15) is 0 Å². The molecule has 0 aliphatic heterocycles. The summed E-state index contributed by atoms with van der Waals surface area (Å²) in [6.07, 6.45) is 1.63. The van der Waals surface area contributed by atoms with E-state index in [1.807, 2.05) is 30.3 Å². The van der Waals surface area contributed by atoms with E-state index in [4.69, 9.17) is 0 Å². The first kappa shape index (κ1) is 13.1. The van der Waals surface area contributed by atoms with E-state index in [9.17, 15) is 4.79 Å². The van der Waals surface area contributed by atoms with Gasteiger partial charge in [-0.3, -0.25) is 5.32 Å². The van der Waals surface area contributed by atoms with Gasteiger partial charge in [0.15, 0.2) is 0 Å². The summed E-state index contributed by atoms with van der Waals surface area (Å²) in [7, 11) is 0. The Balaban J connectivity index is 1.95. The van der Waals surface area contributed by atoms with Gasteiger partial charge >= 0.3 is 6.03 Å². The Bertz CT molecular complexity index is 535. The van der Waals surface area contributed by atoms with Crippen molar-refractivity contribution >= 4 is 17.5 Å². The predicted molar refractivity (Wildman–Crippen MR) is 77.4 cm³/mol. The van der Waals surface area contributed by atoms with E-state index >= 15 is 0 Å². The van der Waals surface area contributed by atoms with Crippen molar-refractivity contribution in [2.75, 3.05) is 10.6 Å². The number of aromatic nitrogens is 1. The largest absolute Gasteiger partial charge is 0.324 e. The first-order valence-corrected chi connectivity index (χ1v) is 6.24. The lowest BCUT2D eigenvalue weighted by molar-refractivity contribution is 0.262. The maximum Gasteiger partial charge on any atom is 0.324 e. The van der Waals surface area contributed by atoms with Crippen molar-refractivity contribution in [3.8, 4) is 0 Å². The van der Waals surface area contributed by atoms with E-state index in [1.165, 1.54) is 5.56 Å². The topological polar surface area (TPSA) is 54.0 Å². The summed E-state index contributed by atoms with van der Waals surface area (Å²) in [6.45, 7) is 4.27. The predicted octanol–water partition coefficient (Wildman–Crippen LogP) is 3.85. The third kappa shape index (κ3) is 3.81. The van der Waals surface area contributed by atoms with Crippen LogP contribution in [0.5, 0.6) is 0 Å². The molecule has 0 spiro atoms. The molecule has 2 aromatic rings. The minimum Gasteiger partial charge on any atom is -0.308 e. The van der Waals surface area contributed by atoms with Crippen molar-refractivity contribution in [2.24, 2.45) is 0 Å². The van der Waals surface area contributed by atoms with Crippen molar-refractivity contribution < 1.29 is 4.79 Å². The normalized spacial score (nSPS) is 10.3. The molecule has 2 rings (SSSR count). The van der Waals surface area contributed by atoms with E-state index in [0.29, 0.717) is 11.7 Å². The molecule has 0 unspecified atom stereocenters. The highest BCUT2D eigenvalue weighted by molar-refractivity contribution is 5.99. The number of rotatable bonds is 3. The molecule has 0 radical (unpaired) electrons. The maximum absolute atomic E-state index is 11.7. The van der Waals surface area contributed by atoms with Crippen molar-refractivity contribution in [1.82, 2.24) is 4.98 Å².